The smallest absolute Gasteiger partial charge is 0.220 e. The summed E-state index contributed by atoms with van der Waals surface area (Å²) in [5.74, 6) is -0.279. The summed E-state index contributed by atoms with van der Waals surface area (Å²) in [7, 11) is 0. The maximum atomic E-state index is 13.5. The van der Waals surface area contributed by atoms with Crippen LogP contribution in [0.1, 0.15) is 335 Å². The molecule has 19 nitrogen and oxygen atoms in total. The van der Waals surface area contributed by atoms with E-state index in [1.807, 2.05) is 6.08 Å². The van der Waals surface area contributed by atoms with E-state index in [2.05, 4.69) is 92.1 Å². The first-order valence-electron chi connectivity index (χ1n) is 43.3. The van der Waals surface area contributed by atoms with Gasteiger partial charge in [-0.05, 0) is 70.6 Å². The van der Waals surface area contributed by atoms with Gasteiger partial charge in [0.2, 0.25) is 5.91 Å². The van der Waals surface area contributed by atoms with E-state index < -0.39 is 124 Å². The number of hydrogen-bond donors (Lipinski definition) is 12. The Hall–Kier alpha value is -3.03. The maximum absolute atomic E-state index is 13.5. The first-order chi connectivity index (χ1) is 52.3. The van der Waals surface area contributed by atoms with Crippen molar-refractivity contribution >= 4 is 5.91 Å². The highest BCUT2D eigenvalue weighted by molar-refractivity contribution is 5.76. The first-order valence-corrected chi connectivity index (χ1v) is 43.3. The van der Waals surface area contributed by atoms with Crippen molar-refractivity contribution in [2.24, 2.45) is 0 Å². The van der Waals surface area contributed by atoms with Crippen molar-refractivity contribution < 1.29 is 89.4 Å². The molecular weight excluding hydrogens is 1360 g/mol. The summed E-state index contributed by atoms with van der Waals surface area (Å²) in [5.41, 5.74) is 0. The van der Waals surface area contributed by atoms with Crippen LogP contribution in [0.2, 0.25) is 0 Å². The fourth-order valence-corrected chi connectivity index (χ4v) is 14.3. The van der Waals surface area contributed by atoms with Gasteiger partial charge in [-0.15, -0.1) is 0 Å². The molecule has 1 amide bonds. The van der Waals surface area contributed by atoms with Crippen molar-refractivity contribution in [3.8, 4) is 0 Å². The minimum atomic E-state index is -1.98. The minimum Gasteiger partial charge on any atom is -0.394 e. The number of amides is 1. The predicted octanol–water partition coefficient (Wildman–Crippen LogP) is 15.7. The average Bonchev–Trinajstić information content (AvgIpc) is 0.781. The molecule has 0 aromatic carbocycles. The van der Waals surface area contributed by atoms with Gasteiger partial charge in [-0.1, -0.05) is 343 Å². The molecule has 3 aliphatic rings. The van der Waals surface area contributed by atoms with Crippen LogP contribution in [0.4, 0.5) is 0 Å². The fourth-order valence-electron chi connectivity index (χ4n) is 14.3. The SMILES string of the molecule is CC/C=C\C/C=C\C/C=C\C/C=C\C/C=C\C/C=C\CCCCCCCCCCCCC(=O)NC(COC1OC(CO)C(OC2OC(CO)C(OC3OC(CO)C(O)C(O)C3O)C(O)C2O)C(O)C1O)C(O)/C=C/CCCCCCCCCCCCCCCCCCCCCCCCCCCCCCCCC. The Morgan fingerprint density at radius 2 is 0.645 bits per heavy atom. The molecule has 3 saturated heterocycles. The number of allylic oxidation sites excluding steroid dienone is 13. The zero-order chi connectivity index (χ0) is 77.4. The Labute approximate surface area is 648 Å². The molecule has 12 N–H and O–H groups in total. The van der Waals surface area contributed by atoms with Crippen LogP contribution in [0, 0.1) is 0 Å². The monoisotopic (exact) mass is 1520 g/mol. The second kappa shape index (κ2) is 67.5. The third-order valence-corrected chi connectivity index (χ3v) is 21.2. The highest BCUT2D eigenvalue weighted by Gasteiger charge is 2.54. The number of carbonyl (C=O) groups is 1. The van der Waals surface area contributed by atoms with E-state index in [1.54, 1.807) is 6.08 Å². The predicted molar refractivity (Wildman–Crippen MR) is 429 cm³/mol. The average molecular weight is 1520 g/mol. The summed E-state index contributed by atoms with van der Waals surface area (Å²) < 4.78 is 34.5. The van der Waals surface area contributed by atoms with Gasteiger partial charge in [0.1, 0.15) is 73.2 Å². The summed E-state index contributed by atoms with van der Waals surface area (Å²) in [4.78, 5) is 13.5. The summed E-state index contributed by atoms with van der Waals surface area (Å²) in [6, 6.07) is -0.983. The van der Waals surface area contributed by atoms with E-state index in [9.17, 15) is 61.0 Å². The second-order valence-electron chi connectivity index (χ2n) is 30.6. The summed E-state index contributed by atoms with van der Waals surface area (Å²) >= 11 is 0. The van der Waals surface area contributed by atoms with Gasteiger partial charge in [-0.25, -0.2) is 0 Å². The van der Waals surface area contributed by atoms with Crippen molar-refractivity contribution in [3.05, 3.63) is 85.1 Å². The fraction of sp³-hybridized carbons (Fsp3) is 0.830. The van der Waals surface area contributed by atoms with Gasteiger partial charge < -0.3 is 89.9 Å². The minimum absolute atomic E-state index is 0.234. The van der Waals surface area contributed by atoms with Crippen molar-refractivity contribution in [3.63, 3.8) is 0 Å². The summed E-state index contributed by atoms with van der Waals surface area (Å²) in [6.45, 7) is 1.66. The van der Waals surface area contributed by atoms with Crippen molar-refractivity contribution in [1.82, 2.24) is 5.32 Å². The number of rotatable bonds is 69. The molecule has 17 atom stereocenters. The standard InChI is InChI=1S/C88H157NO18/c1-3-5-7-9-11-13-15-17-19-21-23-25-27-29-31-33-34-35-36-38-39-41-43-45-47-49-51-53-55-57-59-61-63-65-72(93)71(89-76(94)66-64-62-60-58-56-54-52-50-48-46-44-42-40-37-32-30-28-26-24-22-20-18-16-14-12-10-8-6-4-2)70-102-86-82(100)79(97)84(74(68-91)104-86)107-88-83(101)80(98)85(75(69-92)105-88)106-87-81(99)78(96)77(95)73(67-90)103-87/h6,8,12,14,18,20,24,26,30,32,40,42,63,65,71-75,77-88,90-93,95-101H,3-5,7,9-11,13,15-17,19,21-23,25,27-29,31,33-39,41,43-62,64,66-70H2,1-2H3,(H,89,94)/b8-6-,14-12-,20-18-,26-24-,32-30-,42-40-,65-63+. The lowest BCUT2D eigenvalue weighted by Crippen LogP contribution is -2.66. The van der Waals surface area contributed by atoms with Crippen LogP contribution < -0.4 is 5.32 Å². The van der Waals surface area contributed by atoms with E-state index in [-0.39, 0.29) is 18.9 Å². The van der Waals surface area contributed by atoms with E-state index in [4.69, 9.17) is 28.4 Å². The molecule has 0 radical (unpaired) electrons. The molecule has 622 valence electrons. The lowest BCUT2D eigenvalue weighted by atomic mass is 9.96. The number of hydrogen-bond acceptors (Lipinski definition) is 18. The molecule has 0 saturated carbocycles. The Morgan fingerprint density at radius 3 is 1.01 bits per heavy atom. The molecule has 19 heteroatoms. The normalized spacial score (nSPS) is 25.9. The van der Waals surface area contributed by atoms with Gasteiger partial charge in [-0.2, -0.15) is 0 Å². The number of unbranched alkanes of at least 4 members (excludes halogenated alkanes) is 41. The van der Waals surface area contributed by atoms with Crippen molar-refractivity contribution in [2.75, 3.05) is 26.4 Å². The lowest BCUT2D eigenvalue weighted by Gasteiger charge is -2.48. The molecule has 3 heterocycles. The molecule has 0 spiro atoms. The van der Waals surface area contributed by atoms with E-state index in [0.29, 0.717) is 6.42 Å². The number of ether oxygens (including phenoxy) is 6. The van der Waals surface area contributed by atoms with Gasteiger partial charge in [-0.3, -0.25) is 4.79 Å². The van der Waals surface area contributed by atoms with Crippen LogP contribution >= 0.6 is 0 Å². The van der Waals surface area contributed by atoms with Gasteiger partial charge in [0, 0.05) is 6.42 Å². The molecule has 0 bridgehead atoms. The number of aliphatic hydroxyl groups is 11. The van der Waals surface area contributed by atoms with Crippen LogP contribution in [-0.4, -0.2) is 193 Å². The van der Waals surface area contributed by atoms with Crippen LogP contribution in [0.3, 0.4) is 0 Å². The van der Waals surface area contributed by atoms with Gasteiger partial charge in [0.25, 0.3) is 0 Å². The number of carbonyl (C=O) groups excluding carboxylic acids is 1. The molecule has 0 aliphatic carbocycles. The van der Waals surface area contributed by atoms with E-state index >= 15 is 0 Å². The van der Waals surface area contributed by atoms with Gasteiger partial charge >= 0.3 is 0 Å². The zero-order valence-electron chi connectivity index (χ0n) is 66.9. The van der Waals surface area contributed by atoms with Crippen LogP contribution in [0.25, 0.3) is 0 Å². The quantitative estimate of drug-likeness (QED) is 0.0199. The Balaban J connectivity index is 1.35. The van der Waals surface area contributed by atoms with Gasteiger partial charge in [0.05, 0.1) is 38.6 Å². The zero-order valence-corrected chi connectivity index (χ0v) is 66.9. The van der Waals surface area contributed by atoms with E-state index in [1.165, 1.54) is 212 Å². The van der Waals surface area contributed by atoms with Gasteiger partial charge in [0.15, 0.2) is 18.9 Å². The second-order valence-corrected chi connectivity index (χ2v) is 30.6. The van der Waals surface area contributed by atoms with E-state index in [0.717, 1.165) is 96.3 Å². The molecule has 0 aromatic rings. The van der Waals surface area contributed by atoms with Crippen LogP contribution in [0.15, 0.2) is 85.1 Å². The Kier molecular flexibility index (Phi) is 61.9. The molecule has 17 unspecified atom stereocenters. The highest BCUT2D eigenvalue weighted by Crippen LogP contribution is 2.33. The number of nitrogens with one attached hydrogen (secondary N) is 1. The Morgan fingerprint density at radius 1 is 0.346 bits per heavy atom. The molecule has 3 rings (SSSR count). The molecule has 0 aromatic heterocycles. The molecular formula is C88H157NO18. The molecule has 107 heavy (non-hydrogen) atoms. The first kappa shape index (κ1) is 98.2. The van der Waals surface area contributed by atoms with Crippen molar-refractivity contribution in [1.29, 1.82) is 0 Å². The molecule has 3 aliphatic heterocycles. The van der Waals surface area contributed by atoms with Crippen LogP contribution in [0.5, 0.6) is 0 Å². The third-order valence-electron chi connectivity index (χ3n) is 21.2. The highest BCUT2D eigenvalue weighted by atomic mass is 16.8. The summed E-state index contributed by atoms with van der Waals surface area (Å²) in [5, 5.41) is 121. The van der Waals surface area contributed by atoms with Crippen molar-refractivity contribution in [2.45, 2.75) is 439 Å². The third kappa shape index (κ3) is 46.7. The lowest BCUT2D eigenvalue weighted by molar-refractivity contribution is -0.379. The number of aliphatic hydroxyl groups excluding tert-OH is 11. The summed E-state index contributed by atoms with van der Waals surface area (Å²) in [6.07, 6.45) is 64.3. The molecule has 3 fully saturated rings. The topological polar surface area (TPSA) is 307 Å². The maximum Gasteiger partial charge on any atom is 0.220 e. The van der Waals surface area contributed by atoms with Crippen LogP contribution in [-0.2, 0) is 33.2 Å². The Bertz CT molecular complexity index is 2260. The largest absolute Gasteiger partial charge is 0.394 e.